The minimum atomic E-state index is -0.204. The molecule has 104 valence electrons. The van der Waals surface area contributed by atoms with E-state index in [1.807, 2.05) is 19.9 Å². The highest BCUT2D eigenvalue weighted by molar-refractivity contribution is 9.10. The van der Waals surface area contributed by atoms with Gasteiger partial charge in [0.1, 0.15) is 11.6 Å². The van der Waals surface area contributed by atoms with E-state index < -0.39 is 0 Å². The maximum absolute atomic E-state index is 12.3. The molecule has 0 unspecified atom stereocenters. The number of rotatable bonds is 3. The van der Waals surface area contributed by atoms with Crippen LogP contribution in [0.1, 0.15) is 21.6 Å². The third kappa shape index (κ3) is 3.33. The molecule has 0 aliphatic rings. The zero-order valence-electron chi connectivity index (χ0n) is 11.5. The Morgan fingerprint density at radius 2 is 2.00 bits per heavy atom. The van der Waals surface area contributed by atoms with Gasteiger partial charge in [0.25, 0.3) is 5.91 Å². The van der Waals surface area contributed by atoms with Gasteiger partial charge in [0.05, 0.1) is 0 Å². The van der Waals surface area contributed by atoms with Gasteiger partial charge in [-0.25, -0.2) is 9.97 Å². The Bertz CT molecular complexity index is 658. The van der Waals surface area contributed by atoms with Crippen LogP contribution >= 0.6 is 15.9 Å². The zero-order chi connectivity index (χ0) is 14.7. The molecule has 2 aromatic heterocycles. The molecule has 0 bridgehead atoms. The highest BCUT2D eigenvalue weighted by Crippen LogP contribution is 2.18. The van der Waals surface area contributed by atoms with Crippen LogP contribution in [-0.4, -0.2) is 22.9 Å². The molecule has 0 saturated carbocycles. The molecule has 2 N–H and O–H groups in total. The van der Waals surface area contributed by atoms with E-state index in [1.54, 1.807) is 25.4 Å². The molecule has 5 nitrogen and oxygen atoms in total. The Morgan fingerprint density at radius 3 is 2.65 bits per heavy atom. The lowest BCUT2D eigenvalue weighted by atomic mass is 10.2. The van der Waals surface area contributed by atoms with Crippen molar-refractivity contribution in [3.8, 4) is 0 Å². The molecule has 0 saturated heterocycles. The van der Waals surface area contributed by atoms with Crippen molar-refractivity contribution in [2.45, 2.75) is 13.8 Å². The first-order valence-corrected chi connectivity index (χ1v) is 6.89. The normalized spacial score (nSPS) is 10.2. The van der Waals surface area contributed by atoms with E-state index in [4.69, 9.17) is 0 Å². The number of carbonyl (C=O) groups is 1. The van der Waals surface area contributed by atoms with Gasteiger partial charge in [0, 0.05) is 29.0 Å². The lowest BCUT2D eigenvalue weighted by molar-refractivity contribution is 0.102. The SMILES string of the molecule is CNc1cc(C(=O)Nc2ncc(Br)cc2C)cc(C)n1. The standard InChI is InChI=1S/C14H15BrN4O/c1-8-4-11(15)7-17-13(8)19-14(20)10-5-9(2)18-12(6-10)16-3/h4-7H,1-3H3,(H,16,18)(H,17,19,20). The molecular weight excluding hydrogens is 320 g/mol. The largest absolute Gasteiger partial charge is 0.373 e. The smallest absolute Gasteiger partial charge is 0.257 e. The number of halogens is 1. The first-order valence-electron chi connectivity index (χ1n) is 6.09. The summed E-state index contributed by atoms with van der Waals surface area (Å²) >= 11 is 3.34. The number of hydrogen-bond acceptors (Lipinski definition) is 4. The van der Waals surface area contributed by atoms with Crippen LogP contribution in [0.15, 0.2) is 28.9 Å². The Labute approximate surface area is 126 Å². The van der Waals surface area contributed by atoms with E-state index in [1.165, 1.54) is 0 Å². The van der Waals surface area contributed by atoms with Crippen molar-refractivity contribution in [2.75, 3.05) is 17.7 Å². The second kappa shape index (κ2) is 6.00. The number of aromatic nitrogens is 2. The van der Waals surface area contributed by atoms with Crippen LogP contribution in [0.3, 0.4) is 0 Å². The van der Waals surface area contributed by atoms with E-state index in [-0.39, 0.29) is 5.91 Å². The van der Waals surface area contributed by atoms with Gasteiger partial charge < -0.3 is 10.6 Å². The van der Waals surface area contributed by atoms with Gasteiger partial charge in [0.2, 0.25) is 0 Å². The van der Waals surface area contributed by atoms with E-state index in [0.717, 1.165) is 15.7 Å². The monoisotopic (exact) mass is 334 g/mol. The van der Waals surface area contributed by atoms with Crippen LogP contribution in [0.2, 0.25) is 0 Å². The van der Waals surface area contributed by atoms with Crippen LogP contribution in [0.25, 0.3) is 0 Å². The number of anilines is 2. The van der Waals surface area contributed by atoms with Crippen LogP contribution in [0.4, 0.5) is 11.6 Å². The summed E-state index contributed by atoms with van der Waals surface area (Å²) in [5.74, 6) is 1.01. The Balaban J connectivity index is 2.26. The number of nitrogens with one attached hydrogen (secondary N) is 2. The van der Waals surface area contributed by atoms with Gasteiger partial charge in [-0.2, -0.15) is 0 Å². The van der Waals surface area contributed by atoms with Crippen molar-refractivity contribution >= 4 is 33.5 Å². The first kappa shape index (κ1) is 14.5. The fourth-order valence-corrected chi connectivity index (χ4v) is 2.22. The van der Waals surface area contributed by atoms with E-state index in [9.17, 15) is 4.79 Å². The number of carbonyl (C=O) groups excluding carboxylic acids is 1. The summed E-state index contributed by atoms with van der Waals surface area (Å²) < 4.78 is 0.880. The van der Waals surface area contributed by atoms with Crippen molar-refractivity contribution in [1.82, 2.24) is 9.97 Å². The Kier molecular flexibility index (Phi) is 4.34. The van der Waals surface area contributed by atoms with E-state index in [0.29, 0.717) is 17.2 Å². The second-order valence-electron chi connectivity index (χ2n) is 4.41. The number of pyridine rings is 2. The minimum Gasteiger partial charge on any atom is -0.373 e. The molecule has 20 heavy (non-hydrogen) atoms. The summed E-state index contributed by atoms with van der Waals surface area (Å²) in [6, 6.07) is 5.35. The Hall–Kier alpha value is -1.95. The molecule has 0 aliphatic heterocycles. The quantitative estimate of drug-likeness (QED) is 0.904. The highest BCUT2D eigenvalue weighted by atomic mass is 79.9. The van der Waals surface area contributed by atoms with Crippen molar-refractivity contribution in [2.24, 2.45) is 0 Å². The van der Waals surface area contributed by atoms with E-state index in [2.05, 4.69) is 36.5 Å². The molecular formula is C14H15BrN4O. The predicted molar refractivity (Wildman–Crippen MR) is 83.1 cm³/mol. The molecule has 0 spiro atoms. The summed E-state index contributed by atoms with van der Waals surface area (Å²) in [5, 5.41) is 5.74. The van der Waals surface area contributed by atoms with Crippen molar-refractivity contribution in [1.29, 1.82) is 0 Å². The number of hydrogen-bond donors (Lipinski definition) is 2. The van der Waals surface area contributed by atoms with E-state index >= 15 is 0 Å². The average Bonchev–Trinajstić information content (AvgIpc) is 2.41. The van der Waals surface area contributed by atoms with Crippen LogP contribution in [0.5, 0.6) is 0 Å². The lowest BCUT2D eigenvalue weighted by Crippen LogP contribution is -2.15. The summed E-state index contributed by atoms with van der Waals surface area (Å²) in [5.41, 5.74) is 2.22. The number of aryl methyl sites for hydroxylation is 2. The molecule has 0 radical (unpaired) electrons. The van der Waals surface area contributed by atoms with Crippen LogP contribution in [-0.2, 0) is 0 Å². The van der Waals surface area contributed by atoms with Crippen LogP contribution < -0.4 is 10.6 Å². The second-order valence-corrected chi connectivity index (χ2v) is 5.32. The average molecular weight is 335 g/mol. The van der Waals surface area contributed by atoms with Crippen molar-refractivity contribution < 1.29 is 4.79 Å². The first-order chi connectivity index (χ1) is 9.49. The fraction of sp³-hybridized carbons (Fsp3) is 0.214. The van der Waals surface area contributed by atoms with Gasteiger partial charge in [-0.3, -0.25) is 4.79 Å². The number of amides is 1. The topological polar surface area (TPSA) is 66.9 Å². The minimum absolute atomic E-state index is 0.204. The molecule has 2 rings (SSSR count). The summed E-state index contributed by atoms with van der Waals surface area (Å²) in [7, 11) is 1.77. The summed E-state index contributed by atoms with van der Waals surface area (Å²) in [6.07, 6.45) is 1.65. The Morgan fingerprint density at radius 1 is 1.25 bits per heavy atom. The molecule has 2 heterocycles. The van der Waals surface area contributed by atoms with Gasteiger partial charge in [-0.1, -0.05) is 0 Å². The molecule has 1 amide bonds. The summed E-state index contributed by atoms with van der Waals surface area (Å²) in [6.45, 7) is 3.74. The molecule has 0 fully saturated rings. The third-order valence-corrected chi connectivity index (χ3v) is 3.18. The molecule has 0 atom stereocenters. The fourth-order valence-electron chi connectivity index (χ4n) is 1.78. The van der Waals surface area contributed by atoms with Crippen LogP contribution in [0, 0.1) is 13.8 Å². The van der Waals surface area contributed by atoms with Gasteiger partial charge >= 0.3 is 0 Å². The highest BCUT2D eigenvalue weighted by Gasteiger charge is 2.11. The van der Waals surface area contributed by atoms with Gasteiger partial charge in [-0.05, 0) is 53.5 Å². The van der Waals surface area contributed by atoms with Gasteiger partial charge in [0.15, 0.2) is 0 Å². The molecule has 6 heteroatoms. The summed E-state index contributed by atoms with van der Waals surface area (Å²) in [4.78, 5) is 20.7. The number of nitrogens with zero attached hydrogens (tertiary/aromatic N) is 2. The molecule has 0 aliphatic carbocycles. The van der Waals surface area contributed by atoms with Gasteiger partial charge in [-0.15, -0.1) is 0 Å². The zero-order valence-corrected chi connectivity index (χ0v) is 13.1. The maximum atomic E-state index is 12.3. The van der Waals surface area contributed by atoms with Crippen molar-refractivity contribution in [3.63, 3.8) is 0 Å². The van der Waals surface area contributed by atoms with Crippen molar-refractivity contribution in [3.05, 3.63) is 45.7 Å². The third-order valence-electron chi connectivity index (χ3n) is 2.75. The lowest BCUT2D eigenvalue weighted by Gasteiger charge is -2.09. The predicted octanol–water partition coefficient (Wildman–Crippen LogP) is 3.15. The maximum Gasteiger partial charge on any atom is 0.257 e. The molecule has 2 aromatic rings. The molecule has 0 aromatic carbocycles.